The molecule has 0 atom stereocenters. The Kier molecular flexibility index (Phi) is 0.864. The van der Waals surface area contributed by atoms with Crippen LogP contribution in [0.1, 0.15) is 0 Å². The lowest BCUT2D eigenvalue weighted by molar-refractivity contribution is 1.16. The number of aromatic nitrogens is 5. The summed E-state index contributed by atoms with van der Waals surface area (Å²) in [6, 6.07) is 0. The summed E-state index contributed by atoms with van der Waals surface area (Å²) in [5, 5.41) is 0. The average Bonchev–Trinajstić information content (AvgIpc) is 2.71. The topological polar surface area (TPSA) is 58.9 Å². The number of fused-ring (bicyclic) bond motifs is 3. The second-order valence-corrected chi connectivity index (χ2v) is 2.52. The summed E-state index contributed by atoms with van der Waals surface area (Å²) in [6.07, 6.45) is 6.85. The van der Waals surface area contributed by atoms with E-state index in [1.807, 2.05) is 4.40 Å². The Morgan fingerprint density at radius 3 is 3.25 bits per heavy atom. The Hall–Kier alpha value is -1.91. The Labute approximate surface area is 67.1 Å². The van der Waals surface area contributed by atoms with Crippen LogP contribution in [0.2, 0.25) is 0 Å². The molecule has 0 aliphatic carbocycles. The highest BCUT2D eigenvalue weighted by Gasteiger charge is 2.01. The zero-order valence-corrected chi connectivity index (χ0v) is 6.10. The van der Waals surface area contributed by atoms with Crippen molar-refractivity contribution in [1.29, 1.82) is 0 Å². The van der Waals surface area contributed by atoms with Gasteiger partial charge in [0.2, 0.25) is 0 Å². The summed E-state index contributed by atoms with van der Waals surface area (Å²) in [5.41, 5.74) is 2.54. The number of aromatic amines is 1. The van der Waals surface area contributed by atoms with Crippen LogP contribution < -0.4 is 0 Å². The van der Waals surface area contributed by atoms with Gasteiger partial charge in [0.25, 0.3) is 0 Å². The van der Waals surface area contributed by atoms with Crippen molar-refractivity contribution in [2.24, 2.45) is 0 Å². The van der Waals surface area contributed by atoms with Crippen molar-refractivity contribution in [2.45, 2.75) is 0 Å². The summed E-state index contributed by atoms with van der Waals surface area (Å²) in [4.78, 5) is 15.2. The molecule has 0 aromatic carbocycles. The molecule has 1 N–H and O–H groups in total. The molecule has 0 bridgehead atoms. The summed E-state index contributed by atoms with van der Waals surface area (Å²) in [7, 11) is 0. The first-order chi connectivity index (χ1) is 5.95. The van der Waals surface area contributed by atoms with Crippen molar-refractivity contribution in [3.8, 4) is 0 Å². The molecule has 12 heavy (non-hydrogen) atoms. The van der Waals surface area contributed by atoms with E-state index >= 15 is 0 Å². The maximum atomic E-state index is 4.16. The van der Waals surface area contributed by atoms with E-state index in [9.17, 15) is 0 Å². The van der Waals surface area contributed by atoms with E-state index in [1.54, 1.807) is 25.0 Å². The number of hydrogen-bond donors (Lipinski definition) is 1. The Morgan fingerprint density at radius 1 is 1.25 bits per heavy atom. The molecule has 0 spiro atoms. The first kappa shape index (κ1) is 5.70. The molecule has 5 heteroatoms. The van der Waals surface area contributed by atoms with Crippen molar-refractivity contribution in [3.63, 3.8) is 0 Å². The van der Waals surface area contributed by atoms with Gasteiger partial charge in [0.1, 0.15) is 6.33 Å². The molecule has 5 nitrogen and oxygen atoms in total. The molecule has 3 heterocycles. The van der Waals surface area contributed by atoms with Crippen molar-refractivity contribution in [2.75, 3.05) is 0 Å². The third kappa shape index (κ3) is 0.554. The van der Waals surface area contributed by atoms with Crippen molar-refractivity contribution in [3.05, 3.63) is 25.0 Å². The van der Waals surface area contributed by atoms with Gasteiger partial charge in [-0.25, -0.2) is 15.0 Å². The molecule has 0 aliphatic rings. The van der Waals surface area contributed by atoms with Gasteiger partial charge in [-0.15, -0.1) is 0 Å². The minimum Gasteiger partial charge on any atom is -0.328 e. The molecular weight excluding hydrogens is 154 g/mol. The number of nitrogens with zero attached hydrogens (tertiary/aromatic N) is 4. The van der Waals surface area contributed by atoms with Crippen LogP contribution in [0.25, 0.3) is 16.8 Å². The van der Waals surface area contributed by atoms with Crippen LogP contribution in [0.5, 0.6) is 0 Å². The van der Waals surface area contributed by atoms with Crippen LogP contribution in [0, 0.1) is 0 Å². The molecule has 0 aliphatic heterocycles. The SMILES string of the molecule is c1nc2c(ncc3cncn32)[nH]1. The van der Waals surface area contributed by atoms with Gasteiger partial charge in [0, 0.05) is 0 Å². The van der Waals surface area contributed by atoms with Crippen molar-refractivity contribution >= 4 is 16.8 Å². The summed E-state index contributed by atoms with van der Waals surface area (Å²) in [6.45, 7) is 0. The Bertz CT molecular complexity index is 485. The molecule has 3 rings (SSSR count). The maximum absolute atomic E-state index is 4.16. The lowest BCUT2D eigenvalue weighted by atomic mass is 10.5. The fourth-order valence-electron chi connectivity index (χ4n) is 1.26. The van der Waals surface area contributed by atoms with E-state index in [2.05, 4.69) is 19.9 Å². The monoisotopic (exact) mass is 159 g/mol. The fourth-order valence-corrected chi connectivity index (χ4v) is 1.26. The van der Waals surface area contributed by atoms with Gasteiger partial charge in [0.15, 0.2) is 11.3 Å². The Balaban J connectivity index is 2.71. The van der Waals surface area contributed by atoms with E-state index in [1.165, 1.54) is 0 Å². The molecule has 3 aromatic heterocycles. The number of rotatable bonds is 0. The molecule has 0 radical (unpaired) electrons. The van der Waals surface area contributed by atoms with E-state index < -0.39 is 0 Å². The van der Waals surface area contributed by atoms with Crippen LogP contribution in [-0.2, 0) is 0 Å². The van der Waals surface area contributed by atoms with E-state index in [0.717, 1.165) is 16.8 Å². The van der Waals surface area contributed by atoms with Gasteiger partial charge in [-0.3, -0.25) is 4.40 Å². The van der Waals surface area contributed by atoms with Gasteiger partial charge < -0.3 is 4.98 Å². The highest BCUT2D eigenvalue weighted by molar-refractivity contribution is 5.69. The van der Waals surface area contributed by atoms with Gasteiger partial charge in [0.05, 0.1) is 24.2 Å². The first-order valence-corrected chi connectivity index (χ1v) is 3.55. The lowest BCUT2D eigenvalue weighted by Crippen LogP contribution is -1.87. The predicted molar refractivity (Wildman–Crippen MR) is 42.6 cm³/mol. The second-order valence-electron chi connectivity index (χ2n) is 2.52. The van der Waals surface area contributed by atoms with E-state index in [-0.39, 0.29) is 0 Å². The normalized spacial score (nSPS) is 11.3. The number of hydrogen-bond acceptors (Lipinski definition) is 3. The van der Waals surface area contributed by atoms with E-state index in [0.29, 0.717) is 0 Å². The maximum Gasteiger partial charge on any atom is 0.183 e. The summed E-state index contributed by atoms with van der Waals surface area (Å²) < 4.78 is 1.89. The number of imidazole rings is 2. The van der Waals surface area contributed by atoms with Gasteiger partial charge in [-0.05, 0) is 0 Å². The first-order valence-electron chi connectivity index (χ1n) is 3.55. The number of H-pyrrole nitrogens is 1. The second kappa shape index (κ2) is 1.82. The average molecular weight is 159 g/mol. The highest BCUT2D eigenvalue weighted by Crippen LogP contribution is 2.08. The van der Waals surface area contributed by atoms with Gasteiger partial charge in [-0.1, -0.05) is 0 Å². The van der Waals surface area contributed by atoms with Gasteiger partial charge in [-0.2, -0.15) is 0 Å². The summed E-state index contributed by atoms with van der Waals surface area (Å²) >= 11 is 0. The third-order valence-corrected chi connectivity index (χ3v) is 1.82. The molecule has 58 valence electrons. The molecular formula is C7H5N5. The van der Waals surface area contributed by atoms with Crippen LogP contribution in [0.15, 0.2) is 25.0 Å². The predicted octanol–water partition coefficient (Wildman–Crippen LogP) is 0.606. The van der Waals surface area contributed by atoms with Crippen LogP contribution >= 0.6 is 0 Å². The molecule has 0 fully saturated rings. The van der Waals surface area contributed by atoms with Crippen LogP contribution in [-0.4, -0.2) is 24.3 Å². The lowest BCUT2D eigenvalue weighted by Gasteiger charge is -1.91. The number of nitrogens with one attached hydrogen (secondary N) is 1. The third-order valence-electron chi connectivity index (χ3n) is 1.82. The molecule has 0 unspecified atom stereocenters. The van der Waals surface area contributed by atoms with Crippen LogP contribution in [0.3, 0.4) is 0 Å². The molecule has 3 aromatic rings. The van der Waals surface area contributed by atoms with E-state index in [4.69, 9.17) is 0 Å². The zero-order chi connectivity index (χ0) is 7.97. The highest BCUT2D eigenvalue weighted by atomic mass is 15.1. The van der Waals surface area contributed by atoms with Crippen molar-refractivity contribution in [1.82, 2.24) is 24.3 Å². The van der Waals surface area contributed by atoms with Crippen LogP contribution in [0.4, 0.5) is 0 Å². The van der Waals surface area contributed by atoms with Gasteiger partial charge >= 0.3 is 0 Å². The minimum absolute atomic E-state index is 0.778. The Morgan fingerprint density at radius 2 is 2.25 bits per heavy atom. The standard InChI is InChI=1S/C7H5N5/c1-5-2-9-6-7(11-3-10-6)12(5)4-8-1/h1-4H,(H,10,11). The smallest absolute Gasteiger partial charge is 0.183 e. The molecule has 0 amide bonds. The fraction of sp³-hybridized carbons (Fsp3) is 0. The quantitative estimate of drug-likeness (QED) is 0.522. The minimum atomic E-state index is 0.778. The largest absolute Gasteiger partial charge is 0.328 e. The molecule has 0 saturated carbocycles. The summed E-state index contributed by atoms with van der Waals surface area (Å²) in [5.74, 6) is 0. The zero-order valence-electron chi connectivity index (χ0n) is 6.10. The molecule has 0 saturated heterocycles. The van der Waals surface area contributed by atoms with Crippen molar-refractivity contribution < 1.29 is 0 Å².